The first-order valence-corrected chi connectivity index (χ1v) is 7.58. The predicted octanol–water partition coefficient (Wildman–Crippen LogP) is 2.20. The van der Waals surface area contributed by atoms with E-state index in [-0.39, 0.29) is 11.9 Å². The highest BCUT2D eigenvalue weighted by atomic mass is 19.4. The van der Waals surface area contributed by atoms with Gasteiger partial charge in [0.05, 0.1) is 0 Å². The Bertz CT molecular complexity index is 765. The Hall–Kier alpha value is -2.55. The van der Waals surface area contributed by atoms with E-state index < -0.39 is 12.1 Å². The van der Waals surface area contributed by atoms with Gasteiger partial charge < -0.3 is 20.7 Å². The molecule has 1 saturated heterocycles. The van der Waals surface area contributed by atoms with E-state index >= 15 is 0 Å². The van der Waals surface area contributed by atoms with Crippen LogP contribution in [0.4, 0.5) is 13.2 Å². The number of nitrogens with one attached hydrogen (secondary N) is 3. The van der Waals surface area contributed by atoms with Gasteiger partial charge in [0.1, 0.15) is 5.69 Å². The topological polar surface area (TPSA) is 94.2 Å². The molecule has 0 saturated carbocycles. The first-order valence-electron chi connectivity index (χ1n) is 7.58. The molecule has 1 aliphatic heterocycles. The molecule has 6 nitrogen and oxygen atoms in total. The second-order valence-electron chi connectivity index (χ2n) is 5.69. The molecule has 0 unspecified atom stereocenters. The highest BCUT2D eigenvalue weighted by molar-refractivity contribution is 5.98. The van der Waals surface area contributed by atoms with Gasteiger partial charge in [-0.3, -0.25) is 4.79 Å². The van der Waals surface area contributed by atoms with Gasteiger partial charge in [-0.15, -0.1) is 0 Å². The number of hydrogen-bond donors (Lipinski definition) is 4. The summed E-state index contributed by atoms with van der Waals surface area (Å²) in [5, 5.41) is 14.5. The summed E-state index contributed by atoms with van der Waals surface area (Å²) >= 11 is 0. The van der Waals surface area contributed by atoms with Gasteiger partial charge in [0, 0.05) is 23.5 Å². The maximum absolute atomic E-state index is 12.1. The molecular weight excluding hydrogens is 339 g/mol. The second kappa shape index (κ2) is 7.56. The maximum Gasteiger partial charge on any atom is 0.490 e. The normalized spacial score (nSPS) is 17.0. The minimum Gasteiger partial charge on any atom is -0.475 e. The number of rotatable bonds is 2. The van der Waals surface area contributed by atoms with Crippen LogP contribution in [0.1, 0.15) is 22.5 Å². The summed E-state index contributed by atoms with van der Waals surface area (Å²) in [6, 6.07) is 8.24. The third-order valence-corrected chi connectivity index (χ3v) is 3.75. The van der Waals surface area contributed by atoms with E-state index in [4.69, 9.17) is 9.90 Å². The van der Waals surface area contributed by atoms with Crippen molar-refractivity contribution < 1.29 is 27.9 Å². The van der Waals surface area contributed by atoms with E-state index in [1.54, 1.807) is 0 Å². The fourth-order valence-corrected chi connectivity index (χ4v) is 2.47. The smallest absolute Gasteiger partial charge is 0.475 e. The van der Waals surface area contributed by atoms with Crippen molar-refractivity contribution in [2.45, 2.75) is 25.6 Å². The van der Waals surface area contributed by atoms with Crippen molar-refractivity contribution in [1.82, 2.24) is 15.6 Å². The van der Waals surface area contributed by atoms with Crippen molar-refractivity contribution in [3.8, 4) is 0 Å². The van der Waals surface area contributed by atoms with Gasteiger partial charge in [0.2, 0.25) is 0 Å². The van der Waals surface area contributed by atoms with Crippen LogP contribution < -0.4 is 10.6 Å². The van der Waals surface area contributed by atoms with Gasteiger partial charge in [-0.2, -0.15) is 13.2 Å². The van der Waals surface area contributed by atoms with Crippen LogP contribution in [0.2, 0.25) is 0 Å². The summed E-state index contributed by atoms with van der Waals surface area (Å²) in [5.74, 6) is -2.77. The summed E-state index contributed by atoms with van der Waals surface area (Å²) in [6.45, 7) is 3.89. The van der Waals surface area contributed by atoms with Crippen LogP contribution in [0.15, 0.2) is 24.3 Å². The second-order valence-corrected chi connectivity index (χ2v) is 5.69. The average molecular weight is 357 g/mol. The molecule has 136 valence electrons. The van der Waals surface area contributed by atoms with Crippen molar-refractivity contribution in [3.63, 3.8) is 0 Å². The lowest BCUT2D eigenvalue weighted by atomic mass is 10.2. The number of aromatic nitrogens is 1. The lowest BCUT2D eigenvalue weighted by molar-refractivity contribution is -0.192. The number of hydrogen-bond acceptors (Lipinski definition) is 3. The van der Waals surface area contributed by atoms with Gasteiger partial charge in [0.15, 0.2) is 0 Å². The van der Waals surface area contributed by atoms with Crippen molar-refractivity contribution in [1.29, 1.82) is 0 Å². The number of halogens is 3. The van der Waals surface area contributed by atoms with E-state index in [1.165, 1.54) is 0 Å². The molecule has 1 aromatic heterocycles. The maximum atomic E-state index is 12.1. The number of benzene rings is 1. The molecule has 9 heteroatoms. The van der Waals surface area contributed by atoms with E-state index in [2.05, 4.69) is 15.6 Å². The number of carbonyl (C=O) groups is 2. The number of carboxylic acids is 1. The zero-order chi connectivity index (χ0) is 18.6. The molecule has 25 heavy (non-hydrogen) atoms. The highest BCUT2D eigenvalue weighted by Crippen LogP contribution is 2.19. The molecule has 2 aromatic rings. The number of fused-ring (bicyclic) bond motifs is 1. The zero-order valence-electron chi connectivity index (χ0n) is 13.4. The lowest BCUT2D eigenvalue weighted by Gasteiger charge is -2.09. The van der Waals surface area contributed by atoms with Gasteiger partial charge in [0.25, 0.3) is 5.91 Å². The van der Waals surface area contributed by atoms with E-state index in [9.17, 15) is 18.0 Å². The Morgan fingerprint density at radius 3 is 2.52 bits per heavy atom. The number of amides is 1. The fourth-order valence-electron chi connectivity index (χ4n) is 2.47. The number of H-pyrrole nitrogens is 1. The molecule has 0 bridgehead atoms. The lowest BCUT2D eigenvalue weighted by Crippen LogP contribution is -2.36. The number of aryl methyl sites for hydroxylation is 1. The van der Waals surface area contributed by atoms with Crippen LogP contribution in [-0.2, 0) is 4.79 Å². The summed E-state index contributed by atoms with van der Waals surface area (Å²) in [5.41, 5.74) is 2.85. The Labute approximate surface area is 141 Å². The van der Waals surface area contributed by atoms with Crippen LogP contribution in [-0.4, -0.2) is 47.3 Å². The molecule has 1 atom stereocenters. The summed E-state index contributed by atoms with van der Waals surface area (Å²) in [6.07, 6.45) is -4.08. The monoisotopic (exact) mass is 357 g/mol. The molecule has 1 fully saturated rings. The van der Waals surface area contributed by atoms with E-state index in [0.29, 0.717) is 5.69 Å². The van der Waals surface area contributed by atoms with Crippen LogP contribution in [0.3, 0.4) is 0 Å². The number of carbonyl (C=O) groups excluding carboxylic acids is 1. The first kappa shape index (κ1) is 18.8. The largest absolute Gasteiger partial charge is 0.490 e. The number of carboxylic acid groups (broad SMARTS) is 1. The molecule has 1 aromatic carbocycles. The minimum atomic E-state index is -5.08. The molecule has 3 rings (SSSR count). The van der Waals surface area contributed by atoms with Gasteiger partial charge >= 0.3 is 12.1 Å². The number of alkyl halides is 3. The number of aromatic amines is 1. The molecule has 1 aliphatic rings. The van der Waals surface area contributed by atoms with Gasteiger partial charge in [-0.25, -0.2) is 4.79 Å². The Kier molecular flexibility index (Phi) is 5.68. The van der Waals surface area contributed by atoms with E-state index in [1.807, 2.05) is 31.2 Å². The van der Waals surface area contributed by atoms with Crippen LogP contribution >= 0.6 is 0 Å². The molecule has 4 N–H and O–H groups in total. The number of para-hydroxylation sites is 1. The summed E-state index contributed by atoms with van der Waals surface area (Å²) in [4.78, 5) is 24.2. The average Bonchev–Trinajstić information content (AvgIpc) is 3.16. The molecule has 1 amide bonds. The van der Waals surface area contributed by atoms with Gasteiger partial charge in [-0.1, -0.05) is 18.2 Å². The molecule has 2 heterocycles. The fraction of sp³-hybridized carbons (Fsp3) is 0.375. The van der Waals surface area contributed by atoms with Gasteiger partial charge in [-0.05, 0) is 31.5 Å². The standard InChI is InChI=1S/C14H17N3O.C2HF3O2/c1-9-3-2-4-10-7-12(17-13(9)10)14(18)16-11-5-6-15-8-11;3-2(4,5)1(6)7/h2-4,7,11,15,17H,5-6,8H2,1H3,(H,16,18);(H,6,7)/t11-;/m0./s1. The molecule has 0 radical (unpaired) electrons. The van der Waals surface area contributed by atoms with Crippen LogP contribution in [0.25, 0.3) is 10.9 Å². The zero-order valence-corrected chi connectivity index (χ0v) is 13.4. The summed E-state index contributed by atoms with van der Waals surface area (Å²) < 4.78 is 31.7. The van der Waals surface area contributed by atoms with Crippen LogP contribution in [0.5, 0.6) is 0 Å². The Morgan fingerprint density at radius 1 is 1.32 bits per heavy atom. The van der Waals surface area contributed by atoms with Crippen molar-refractivity contribution in [2.75, 3.05) is 13.1 Å². The van der Waals surface area contributed by atoms with Crippen LogP contribution in [0, 0.1) is 6.92 Å². The third kappa shape index (κ3) is 4.96. The van der Waals surface area contributed by atoms with Crippen molar-refractivity contribution in [2.24, 2.45) is 0 Å². The Morgan fingerprint density at radius 2 is 2.00 bits per heavy atom. The van der Waals surface area contributed by atoms with E-state index in [0.717, 1.165) is 36.0 Å². The Balaban J connectivity index is 0.000000277. The molecular formula is C16H18F3N3O3. The predicted molar refractivity (Wildman–Crippen MR) is 85.5 cm³/mol. The molecule has 0 spiro atoms. The minimum absolute atomic E-state index is 0.0145. The number of aliphatic carboxylic acids is 1. The molecule has 0 aliphatic carbocycles. The summed E-state index contributed by atoms with van der Waals surface area (Å²) in [7, 11) is 0. The van der Waals surface area contributed by atoms with Crippen molar-refractivity contribution >= 4 is 22.8 Å². The SMILES string of the molecule is Cc1cccc2cc(C(=O)N[C@H]3CCNC3)[nH]c12.O=C(O)C(F)(F)F. The first-order chi connectivity index (χ1) is 11.7. The third-order valence-electron chi connectivity index (χ3n) is 3.75. The highest BCUT2D eigenvalue weighted by Gasteiger charge is 2.38. The quantitative estimate of drug-likeness (QED) is 0.663. The van der Waals surface area contributed by atoms with Crippen molar-refractivity contribution in [3.05, 3.63) is 35.5 Å².